The molecule has 3 aromatic rings. The van der Waals surface area contributed by atoms with Crippen LogP contribution in [-0.4, -0.2) is 45.3 Å². The first-order chi connectivity index (χ1) is 17.9. The summed E-state index contributed by atoms with van der Waals surface area (Å²) in [6.07, 6.45) is 1.66. The molecule has 38 heavy (non-hydrogen) atoms. The van der Waals surface area contributed by atoms with Crippen molar-refractivity contribution in [2.45, 2.75) is 71.7 Å². The standard InChI is InChI=1S/C28H36N4O5S/c1-6-31-17-24(29-30-31)18-37-26(28(4,5)27(33)34)22-12-11-20(3)23(14-22)16-32-15-19(2)13-21-9-7-8-10-25(21)38(32,35)36/h7-12,14,17,19,26H,6,13,15-16,18H2,1-5H3,(H,33,34)/t19-,26+/m0/s1. The second kappa shape index (κ2) is 11.0. The summed E-state index contributed by atoms with van der Waals surface area (Å²) in [6.45, 7) is 10.5. The monoisotopic (exact) mass is 540 g/mol. The fourth-order valence-electron chi connectivity index (χ4n) is 4.87. The largest absolute Gasteiger partial charge is 0.481 e. The molecule has 0 unspecified atom stereocenters. The number of hydrogen-bond acceptors (Lipinski definition) is 6. The van der Waals surface area contributed by atoms with Gasteiger partial charge in [0.05, 0.1) is 29.2 Å². The lowest BCUT2D eigenvalue weighted by Gasteiger charge is -2.31. The minimum absolute atomic E-state index is 0.0966. The topological polar surface area (TPSA) is 115 Å². The van der Waals surface area contributed by atoms with E-state index < -0.39 is 27.5 Å². The summed E-state index contributed by atoms with van der Waals surface area (Å²) in [5, 5.41) is 18.2. The number of hydrogen-bond donors (Lipinski definition) is 1. The van der Waals surface area contributed by atoms with Crippen LogP contribution < -0.4 is 0 Å². The van der Waals surface area contributed by atoms with Crippen LogP contribution in [0.2, 0.25) is 0 Å². The number of carboxylic acid groups (broad SMARTS) is 1. The summed E-state index contributed by atoms with van der Waals surface area (Å²) in [5.74, 6) is -0.849. The highest BCUT2D eigenvalue weighted by molar-refractivity contribution is 7.89. The van der Waals surface area contributed by atoms with Gasteiger partial charge in [0.15, 0.2) is 0 Å². The van der Waals surface area contributed by atoms with E-state index in [2.05, 4.69) is 17.2 Å². The van der Waals surface area contributed by atoms with Gasteiger partial charge >= 0.3 is 5.97 Å². The molecule has 1 aliphatic rings. The van der Waals surface area contributed by atoms with Crippen molar-refractivity contribution in [3.8, 4) is 0 Å². The van der Waals surface area contributed by atoms with E-state index in [9.17, 15) is 18.3 Å². The summed E-state index contributed by atoms with van der Waals surface area (Å²) in [7, 11) is -3.70. The van der Waals surface area contributed by atoms with Gasteiger partial charge in [-0.3, -0.25) is 9.48 Å². The molecule has 4 rings (SSSR count). The predicted molar refractivity (Wildman–Crippen MR) is 143 cm³/mol. The van der Waals surface area contributed by atoms with Crippen LogP contribution >= 0.6 is 0 Å². The van der Waals surface area contributed by atoms with Crippen molar-refractivity contribution in [3.05, 3.63) is 76.6 Å². The Balaban J connectivity index is 1.67. The van der Waals surface area contributed by atoms with E-state index in [1.165, 1.54) is 4.31 Å². The van der Waals surface area contributed by atoms with E-state index in [0.717, 1.165) is 16.7 Å². The Morgan fingerprint density at radius 2 is 1.97 bits per heavy atom. The molecular weight excluding hydrogens is 504 g/mol. The predicted octanol–water partition coefficient (Wildman–Crippen LogP) is 4.36. The fraction of sp³-hybridized carbons (Fsp3) is 0.464. The third-order valence-corrected chi connectivity index (χ3v) is 9.12. The Bertz CT molecular complexity index is 1420. The quantitative estimate of drug-likeness (QED) is 0.429. The smallest absolute Gasteiger partial charge is 0.312 e. The first-order valence-electron chi connectivity index (χ1n) is 12.8. The Morgan fingerprint density at radius 1 is 1.24 bits per heavy atom. The maximum atomic E-state index is 13.6. The van der Waals surface area contributed by atoms with Crippen molar-refractivity contribution in [2.75, 3.05) is 6.54 Å². The molecule has 2 aromatic carbocycles. The number of rotatable bonds is 9. The lowest BCUT2D eigenvalue weighted by Crippen LogP contribution is -2.34. The van der Waals surface area contributed by atoms with Crippen molar-refractivity contribution in [1.82, 2.24) is 19.3 Å². The fourth-order valence-corrected chi connectivity index (χ4v) is 6.65. The van der Waals surface area contributed by atoms with Crippen LogP contribution in [0.1, 0.15) is 61.7 Å². The third-order valence-electron chi connectivity index (χ3n) is 7.21. The molecular formula is C28H36N4O5S. The lowest BCUT2D eigenvalue weighted by molar-refractivity contribution is -0.158. The zero-order valence-electron chi connectivity index (χ0n) is 22.6. The van der Waals surface area contributed by atoms with Gasteiger partial charge in [0.2, 0.25) is 10.0 Å². The van der Waals surface area contributed by atoms with Crippen molar-refractivity contribution in [3.63, 3.8) is 0 Å². The Labute approximate surface area is 224 Å². The molecule has 2 heterocycles. The maximum Gasteiger partial charge on any atom is 0.312 e. The van der Waals surface area contributed by atoms with Crippen molar-refractivity contribution in [1.29, 1.82) is 0 Å². The first kappa shape index (κ1) is 27.9. The zero-order valence-corrected chi connectivity index (χ0v) is 23.4. The average Bonchev–Trinajstić information content (AvgIpc) is 3.30. The second-order valence-corrected chi connectivity index (χ2v) is 12.6. The van der Waals surface area contributed by atoms with Gasteiger partial charge < -0.3 is 9.84 Å². The number of sulfonamides is 1. The van der Waals surface area contributed by atoms with Gasteiger partial charge in [0, 0.05) is 19.6 Å². The number of carboxylic acids is 1. The summed E-state index contributed by atoms with van der Waals surface area (Å²) in [6, 6.07) is 12.8. The number of nitrogens with zero attached hydrogens (tertiary/aromatic N) is 4. The third kappa shape index (κ3) is 5.67. The number of aliphatic carboxylic acids is 1. The molecule has 9 nitrogen and oxygen atoms in total. The highest BCUT2D eigenvalue weighted by Crippen LogP contribution is 2.39. The van der Waals surface area contributed by atoms with E-state index in [4.69, 9.17) is 4.74 Å². The van der Waals surface area contributed by atoms with Crippen LogP contribution in [0.25, 0.3) is 0 Å². The van der Waals surface area contributed by atoms with E-state index in [1.807, 2.05) is 44.2 Å². The highest BCUT2D eigenvalue weighted by atomic mass is 32.2. The minimum atomic E-state index is -3.70. The Hall–Kier alpha value is -3.08. The number of fused-ring (bicyclic) bond motifs is 1. The summed E-state index contributed by atoms with van der Waals surface area (Å²) >= 11 is 0. The molecule has 1 N–H and O–H groups in total. The molecule has 0 aliphatic carbocycles. The molecule has 1 aliphatic heterocycles. The average molecular weight is 541 g/mol. The summed E-state index contributed by atoms with van der Waals surface area (Å²) in [5.41, 5.74) is 2.59. The van der Waals surface area contributed by atoms with Gasteiger partial charge in [0.25, 0.3) is 0 Å². The maximum absolute atomic E-state index is 13.6. The lowest BCUT2D eigenvalue weighted by atomic mass is 9.81. The second-order valence-electron chi connectivity index (χ2n) is 10.7. The van der Waals surface area contributed by atoms with E-state index >= 15 is 0 Å². The first-order valence-corrected chi connectivity index (χ1v) is 14.3. The van der Waals surface area contributed by atoms with E-state index in [1.54, 1.807) is 36.9 Å². The number of carbonyl (C=O) groups is 1. The molecule has 10 heteroatoms. The molecule has 204 valence electrons. The molecule has 0 amide bonds. The number of aromatic nitrogens is 3. The van der Waals surface area contributed by atoms with Gasteiger partial charge in [-0.05, 0) is 68.4 Å². The minimum Gasteiger partial charge on any atom is -0.481 e. The van der Waals surface area contributed by atoms with E-state index in [-0.39, 0.29) is 19.1 Å². The molecule has 0 saturated heterocycles. The van der Waals surface area contributed by atoms with Crippen LogP contribution in [0.3, 0.4) is 0 Å². The molecule has 0 bridgehead atoms. The summed E-state index contributed by atoms with van der Waals surface area (Å²) in [4.78, 5) is 12.6. The van der Waals surface area contributed by atoms with Gasteiger partial charge in [-0.25, -0.2) is 8.42 Å². The van der Waals surface area contributed by atoms with Crippen LogP contribution in [0.15, 0.2) is 53.6 Å². The van der Waals surface area contributed by atoms with Crippen molar-refractivity contribution in [2.24, 2.45) is 11.3 Å². The number of aryl methyl sites for hydroxylation is 2. The van der Waals surface area contributed by atoms with Crippen LogP contribution in [-0.2, 0) is 45.7 Å². The molecule has 1 aromatic heterocycles. The van der Waals surface area contributed by atoms with Crippen molar-refractivity contribution >= 4 is 16.0 Å². The summed E-state index contributed by atoms with van der Waals surface area (Å²) < 4.78 is 36.7. The number of ether oxygens (including phenoxy) is 1. The Kier molecular flexibility index (Phi) is 8.06. The molecule has 0 spiro atoms. The van der Waals surface area contributed by atoms with Crippen LogP contribution in [0.5, 0.6) is 0 Å². The van der Waals surface area contributed by atoms with Gasteiger partial charge in [-0.1, -0.05) is 48.5 Å². The SMILES string of the molecule is CCn1cc(CO[C@H](c2ccc(C)c(CN3C[C@@H](C)Cc4ccccc4S3(=O)=O)c2)C(C)(C)C(=O)O)nn1. The number of benzene rings is 2. The molecule has 0 radical (unpaired) electrons. The van der Waals surface area contributed by atoms with Gasteiger partial charge in [0.1, 0.15) is 5.69 Å². The zero-order chi connectivity index (χ0) is 27.7. The van der Waals surface area contributed by atoms with E-state index in [0.29, 0.717) is 35.7 Å². The molecule has 0 saturated carbocycles. The Morgan fingerprint density at radius 3 is 2.66 bits per heavy atom. The van der Waals surface area contributed by atoms with Crippen molar-refractivity contribution < 1.29 is 23.1 Å². The normalized spacial score (nSPS) is 18.5. The van der Waals surface area contributed by atoms with Gasteiger partial charge in [-0.2, -0.15) is 4.31 Å². The molecule has 2 atom stereocenters. The van der Waals surface area contributed by atoms with Gasteiger partial charge in [-0.15, -0.1) is 5.10 Å². The highest BCUT2D eigenvalue weighted by Gasteiger charge is 2.40. The van der Waals surface area contributed by atoms with Crippen LogP contribution in [0.4, 0.5) is 0 Å². The molecule has 0 fully saturated rings. The van der Waals surface area contributed by atoms with Crippen LogP contribution in [0, 0.1) is 18.3 Å².